The molecule has 2 N–H and O–H groups in total. The van der Waals surface area contributed by atoms with Crippen molar-refractivity contribution in [2.75, 3.05) is 0 Å². The smallest absolute Gasteiger partial charge is 0.193 e. The van der Waals surface area contributed by atoms with Crippen LogP contribution in [0.25, 0.3) is 0 Å². The van der Waals surface area contributed by atoms with Crippen LogP contribution in [0.4, 0.5) is 0 Å². The van der Waals surface area contributed by atoms with Crippen LogP contribution in [-0.4, -0.2) is 9.55 Å². The fraction of sp³-hybridized carbons (Fsp3) is 0.300. The molecular weight excluding hydrogens is 214 g/mol. The Balaban J connectivity index is 2.31. The van der Waals surface area contributed by atoms with Crippen molar-refractivity contribution in [3.05, 3.63) is 41.3 Å². The molecule has 0 aliphatic heterocycles. The van der Waals surface area contributed by atoms with Crippen LogP contribution in [0.2, 0.25) is 5.22 Å². The molecule has 0 aliphatic rings. The summed E-state index contributed by atoms with van der Waals surface area (Å²) in [7, 11) is 0. The largest absolute Gasteiger partial charge is 0.448 e. The Morgan fingerprint density at radius 2 is 2.40 bits per heavy atom. The van der Waals surface area contributed by atoms with E-state index in [0.29, 0.717) is 11.0 Å². The summed E-state index contributed by atoms with van der Waals surface area (Å²) in [6, 6.07) is 3.07. The van der Waals surface area contributed by atoms with Gasteiger partial charge in [0.1, 0.15) is 17.6 Å². The van der Waals surface area contributed by atoms with Crippen LogP contribution in [0, 0.1) is 0 Å². The highest BCUT2D eigenvalue weighted by atomic mass is 35.5. The maximum atomic E-state index is 6.01. The first-order chi connectivity index (χ1) is 7.22. The fourth-order valence-electron chi connectivity index (χ4n) is 1.49. The third-order valence-electron chi connectivity index (χ3n) is 2.27. The molecule has 0 spiro atoms. The molecule has 0 amide bonds. The van der Waals surface area contributed by atoms with Gasteiger partial charge in [0.2, 0.25) is 0 Å². The maximum Gasteiger partial charge on any atom is 0.193 e. The minimum absolute atomic E-state index is 0.343. The van der Waals surface area contributed by atoms with E-state index in [-0.39, 0.29) is 6.04 Å². The monoisotopic (exact) mass is 225 g/mol. The van der Waals surface area contributed by atoms with Crippen LogP contribution in [-0.2, 0) is 6.54 Å². The highest BCUT2D eigenvalue weighted by Gasteiger charge is 2.17. The third-order valence-corrected chi connectivity index (χ3v) is 2.47. The van der Waals surface area contributed by atoms with E-state index in [1.807, 2.05) is 17.7 Å². The summed E-state index contributed by atoms with van der Waals surface area (Å²) in [5, 5.41) is 0.343. The zero-order valence-corrected chi connectivity index (χ0v) is 9.11. The van der Waals surface area contributed by atoms with Crippen LogP contribution >= 0.6 is 11.6 Å². The van der Waals surface area contributed by atoms with E-state index in [1.54, 1.807) is 18.3 Å². The zero-order chi connectivity index (χ0) is 10.8. The van der Waals surface area contributed by atoms with Crippen molar-refractivity contribution in [1.29, 1.82) is 0 Å². The molecule has 2 aromatic heterocycles. The molecule has 1 unspecified atom stereocenters. The third kappa shape index (κ3) is 1.91. The minimum atomic E-state index is -0.368. The van der Waals surface area contributed by atoms with Gasteiger partial charge < -0.3 is 14.7 Å². The molecule has 0 fully saturated rings. The molecular formula is C10H12ClN3O. The molecule has 0 aliphatic carbocycles. The molecule has 5 heteroatoms. The number of hydrogen-bond acceptors (Lipinski definition) is 3. The summed E-state index contributed by atoms with van der Waals surface area (Å²) in [5.41, 5.74) is 6.01. The van der Waals surface area contributed by atoms with Gasteiger partial charge in [0.05, 0.1) is 0 Å². The normalized spacial score (nSPS) is 13.0. The van der Waals surface area contributed by atoms with Crippen molar-refractivity contribution in [2.45, 2.75) is 19.5 Å². The summed E-state index contributed by atoms with van der Waals surface area (Å²) in [5.74, 6) is 1.41. The number of rotatable bonds is 3. The van der Waals surface area contributed by atoms with Gasteiger partial charge in [0.15, 0.2) is 5.22 Å². The van der Waals surface area contributed by atoms with Gasteiger partial charge in [0, 0.05) is 18.9 Å². The number of hydrogen-bond donors (Lipinski definition) is 1. The molecule has 0 aromatic carbocycles. The molecule has 2 heterocycles. The molecule has 0 saturated carbocycles. The summed E-state index contributed by atoms with van der Waals surface area (Å²) >= 11 is 5.69. The molecule has 1 atom stereocenters. The van der Waals surface area contributed by atoms with Crippen molar-refractivity contribution in [3.8, 4) is 0 Å². The molecule has 0 radical (unpaired) electrons. The van der Waals surface area contributed by atoms with Gasteiger partial charge in [-0.1, -0.05) is 0 Å². The molecule has 4 nitrogen and oxygen atoms in total. The molecule has 80 valence electrons. The lowest BCUT2D eigenvalue weighted by molar-refractivity contribution is 0.476. The van der Waals surface area contributed by atoms with Gasteiger partial charge >= 0.3 is 0 Å². The van der Waals surface area contributed by atoms with E-state index >= 15 is 0 Å². The SMILES string of the molecule is CCn1ccnc1C(N)c1ccc(Cl)o1. The minimum Gasteiger partial charge on any atom is -0.448 e. The van der Waals surface area contributed by atoms with E-state index < -0.39 is 0 Å². The van der Waals surface area contributed by atoms with Crippen molar-refractivity contribution >= 4 is 11.6 Å². The Labute approximate surface area is 92.7 Å². The fourth-order valence-corrected chi connectivity index (χ4v) is 1.64. The molecule has 2 aromatic rings. The van der Waals surface area contributed by atoms with Gasteiger partial charge in [-0.3, -0.25) is 0 Å². The average Bonchev–Trinajstić information content (AvgIpc) is 2.84. The van der Waals surface area contributed by atoms with Crippen LogP contribution in [0.5, 0.6) is 0 Å². The Hall–Kier alpha value is -1.26. The van der Waals surface area contributed by atoms with Gasteiger partial charge in [0.25, 0.3) is 0 Å². The topological polar surface area (TPSA) is 57.0 Å². The first-order valence-electron chi connectivity index (χ1n) is 4.74. The Morgan fingerprint density at radius 1 is 1.60 bits per heavy atom. The van der Waals surface area contributed by atoms with Crippen molar-refractivity contribution in [1.82, 2.24) is 9.55 Å². The standard InChI is InChI=1S/C10H12ClN3O/c1-2-14-6-5-13-10(14)9(12)7-3-4-8(11)15-7/h3-6,9H,2,12H2,1H3. The van der Waals surface area contributed by atoms with Gasteiger partial charge in [-0.25, -0.2) is 4.98 Å². The predicted octanol–water partition coefficient (Wildman–Crippen LogP) is 2.20. The molecule has 0 saturated heterocycles. The van der Waals surface area contributed by atoms with Crippen molar-refractivity contribution in [2.24, 2.45) is 5.73 Å². The Morgan fingerprint density at radius 3 is 3.00 bits per heavy atom. The summed E-state index contributed by atoms with van der Waals surface area (Å²) < 4.78 is 7.23. The second-order valence-electron chi connectivity index (χ2n) is 3.19. The lowest BCUT2D eigenvalue weighted by Gasteiger charge is -2.10. The quantitative estimate of drug-likeness (QED) is 0.871. The number of nitrogens with zero attached hydrogens (tertiary/aromatic N) is 2. The number of imidazole rings is 1. The van der Waals surface area contributed by atoms with E-state index in [9.17, 15) is 0 Å². The lowest BCUT2D eigenvalue weighted by Crippen LogP contribution is -2.16. The highest BCUT2D eigenvalue weighted by molar-refractivity contribution is 6.28. The summed E-state index contributed by atoms with van der Waals surface area (Å²) in [6.07, 6.45) is 3.61. The zero-order valence-electron chi connectivity index (χ0n) is 8.35. The number of aromatic nitrogens is 2. The Bertz CT molecular complexity index is 449. The molecule has 15 heavy (non-hydrogen) atoms. The predicted molar refractivity (Wildman–Crippen MR) is 57.6 cm³/mol. The first-order valence-corrected chi connectivity index (χ1v) is 5.12. The summed E-state index contributed by atoms with van der Waals surface area (Å²) in [6.45, 7) is 2.87. The van der Waals surface area contributed by atoms with Crippen LogP contribution in [0.3, 0.4) is 0 Å². The van der Waals surface area contributed by atoms with Crippen LogP contribution in [0.1, 0.15) is 24.6 Å². The number of aryl methyl sites for hydroxylation is 1. The second-order valence-corrected chi connectivity index (χ2v) is 3.56. The molecule has 2 rings (SSSR count). The highest BCUT2D eigenvalue weighted by Crippen LogP contribution is 2.22. The van der Waals surface area contributed by atoms with Gasteiger partial charge in [-0.05, 0) is 30.7 Å². The van der Waals surface area contributed by atoms with Crippen LogP contribution < -0.4 is 5.73 Å². The maximum absolute atomic E-state index is 6.01. The number of nitrogens with two attached hydrogens (primary N) is 1. The lowest BCUT2D eigenvalue weighted by atomic mass is 10.2. The van der Waals surface area contributed by atoms with E-state index in [2.05, 4.69) is 4.98 Å². The van der Waals surface area contributed by atoms with E-state index in [1.165, 1.54) is 0 Å². The van der Waals surface area contributed by atoms with E-state index in [0.717, 1.165) is 12.4 Å². The van der Waals surface area contributed by atoms with Crippen LogP contribution in [0.15, 0.2) is 28.9 Å². The van der Waals surface area contributed by atoms with Gasteiger partial charge in [-0.2, -0.15) is 0 Å². The number of halogens is 1. The van der Waals surface area contributed by atoms with Gasteiger partial charge in [-0.15, -0.1) is 0 Å². The summed E-state index contributed by atoms with van der Waals surface area (Å²) in [4.78, 5) is 4.21. The van der Waals surface area contributed by atoms with Crippen molar-refractivity contribution in [3.63, 3.8) is 0 Å². The average molecular weight is 226 g/mol. The van der Waals surface area contributed by atoms with E-state index in [4.69, 9.17) is 21.8 Å². The van der Waals surface area contributed by atoms with Crippen molar-refractivity contribution < 1.29 is 4.42 Å². The number of furan rings is 1. The Kier molecular flexibility index (Phi) is 2.79. The second kappa shape index (κ2) is 4.08. The molecule has 0 bridgehead atoms. The first kappa shape index (κ1) is 10.3.